The molecule has 0 rings (SSSR count). The van der Waals surface area contributed by atoms with Crippen molar-refractivity contribution in [1.82, 2.24) is 12.3 Å². The number of aliphatic carboxylic acids is 2. The van der Waals surface area contributed by atoms with Crippen LogP contribution in [0.3, 0.4) is 0 Å². The summed E-state index contributed by atoms with van der Waals surface area (Å²) in [6, 6.07) is 0. The molecule has 10 heteroatoms. The Kier molecular flexibility index (Phi) is 9.47. The summed E-state index contributed by atoms with van der Waals surface area (Å²) < 4.78 is 32.4. The molecule has 0 radical (unpaired) electrons. The molecule has 0 fully saturated rings. The monoisotopic (exact) mass is 372 g/mol. The molecule has 1 unspecified atom stereocenters. The van der Waals surface area contributed by atoms with Gasteiger partial charge < -0.3 is 32.1 Å². The molecule has 9 nitrogen and oxygen atoms in total. The third-order valence-electron chi connectivity index (χ3n) is 3.11. The van der Waals surface area contributed by atoms with E-state index in [0.29, 0.717) is 0 Å². The Bertz CT molecular complexity index is 528. The van der Waals surface area contributed by atoms with Crippen molar-refractivity contribution in [2.45, 2.75) is 59.6 Å². The number of carboxylic acids is 2. The van der Waals surface area contributed by atoms with Crippen molar-refractivity contribution in [2.75, 3.05) is 0 Å². The summed E-state index contributed by atoms with van der Waals surface area (Å²) in [4.78, 5) is 23.1. The molecule has 0 bridgehead atoms. The first kappa shape index (κ1) is 27.6. The number of carbonyl (C=O) groups is 2. The second kappa shape index (κ2) is 8.24. The number of carbonyl (C=O) groups excluding carboxylic acids is 2. The van der Waals surface area contributed by atoms with E-state index in [1.165, 1.54) is 0 Å². The Morgan fingerprint density at radius 2 is 1.21 bits per heavy atom. The molecule has 0 aromatic heterocycles. The predicted octanol–water partition coefficient (Wildman–Crippen LogP) is 0.354. The Hall–Kier alpha value is -1.23. The number of hydrogen-bond acceptors (Lipinski definition) is 6. The van der Waals surface area contributed by atoms with Crippen molar-refractivity contribution < 1.29 is 32.8 Å². The molecule has 0 aliphatic rings. The molecule has 1 atom stereocenters. The van der Waals surface area contributed by atoms with Gasteiger partial charge in [-0.25, -0.2) is 0 Å². The van der Waals surface area contributed by atoms with Crippen LogP contribution in [-0.4, -0.2) is 30.2 Å². The van der Waals surface area contributed by atoms with E-state index < -0.39 is 43.6 Å². The normalized spacial score (nSPS) is 14.1. The fourth-order valence-corrected chi connectivity index (χ4v) is 4.10. The quantitative estimate of drug-likeness (QED) is 0.556. The van der Waals surface area contributed by atoms with Gasteiger partial charge >= 0.3 is 0 Å². The molecule has 0 heterocycles. The van der Waals surface area contributed by atoms with Gasteiger partial charge in [0.15, 0.2) is 0 Å². The van der Waals surface area contributed by atoms with E-state index in [1.54, 1.807) is 41.5 Å². The average Bonchev–Trinajstić information content (AvgIpc) is 2.06. The van der Waals surface area contributed by atoms with E-state index >= 15 is 0 Å². The number of carboxylic acid groups (broad SMARTS) is 2. The molecule has 0 amide bonds. The smallest absolute Gasteiger partial charge is 0.274 e. The summed E-state index contributed by atoms with van der Waals surface area (Å²) in [5.74, 6) is -3.98. The van der Waals surface area contributed by atoms with Crippen molar-refractivity contribution in [2.24, 2.45) is 16.2 Å². The SMILES string of the molecule is CC(C)(C)CC(CC(C)(C)C)(C(=O)[O-])C(C(=O)[O-])S(=O)(=O)O.[NH4+].[NH4+]. The second-order valence-electron chi connectivity index (χ2n) is 8.13. The van der Waals surface area contributed by atoms with Gasteiger partial charge in [-0.05, 0) is 23.7 Å². The summed E-state index contributed by atoms with van der Waals surface area (Å²) >= 11 is 0. The van der Waals surface area contributed by atoms with E-state index in [-0.39, 0.29) is 25.1 Å². The van der Waals surface area contributed by atoms with Crippen LogP contribution >= 0.6 is 0 Å². The van der Waals surface area contributed by atoms with Gasteiger partial charge in [-0.1, -0.05) is 41.5 Å². The summed E-state index contributed by atoms with van der Waals surface area (Å²) in [5, 5.41) is 20.5. The van der Waals surface area contributed by atoms with E-state index in [2.05, 4.69) is 0 Å². The van der Waals surface area contributed by atoms with Gasteiger partial charge in [-0.3, -0.25) is 4.55 Å². The molecule has 24 heavy (non-hydrogen) atoms. The van der Waals surface area contributed by atoms with Gasteiger partial charge in [0.05, 0.1) is 5.97 Å². The van der Waals surface area contributed by atoms with E-state index in [0.717, 1.165) is 0 Å². The predicted molar refractivity (Wildman–Crippen MR) is 87.9 cm³/mol. The molecule has 0 aromatic rings. The Morgan fingerprint density at radius 3 is 1.33 bits per heavy atom. The fourth-order valence-electron chi connectivity index (χ4n) is 3.02. The Labute approximate surface area is 143 Å². The first-order valence-electron chi connectivity index (χ1n) is 6.81. The van der Waals surface area contributed by atoms with Crippen LogP contribution in [0, 0.1) is 16.2 Å². The topological polar surface area (TPSA) is 208 Å². The minimum Gasteiger partial charge on any atom is -0.549 e. The molecular weight excluding hydrogens is 340 g/mol. The van der Waals surface area contributed by atoms with E-state index in [4.69, 9.17) is 0 Å². The van der Waals surface area contributed by atoms with Crippen LogP contribution in [0.2, 0.25) is 0 Å². The standard InChI is InChI=1S/C14H26O7S.2H3N/c1-12(2,3)7-14(11(17)18,8-13(4,5)6)9(10(15)16)22(19,20)21;;/h9H,7-8H2,1-6H3,(H,15,16)(H,17,18)(H,19,20,21);2*1H3. The number of rotatable bonds is 6. The van der Waals surface area contributed by atoms with Gasteiger partial charge in [0.2, 0.25) is 0 Å². The van der Waals surface area contributed by atoms with Crippen LogP contribution in [-0.2, 0) is 19.7 Å². The van der Waals surface area contributed by atoms with Crippen LogP contribution in [0.5, 0.6) is 0 Å². The van der Waals surface area contributed by atoms with Crippen molar-refractivity contribution in [1.29, 1.82) is 0 Å². The van der Waals surface area contributed by atoms with Crippen molar-refractivity contribution in [3.8, 4) is 0 Å². The van der Waals surface area contributed by atoms with Crippen molar-refractivity contribution >= 4 is 22.1 Å². The lowest BCUT2D eigenvalue weighted by Gasteiger charge is -2.47. The summed E-state index contributed by atoms with van der Waals surface area (Å²) in [7, 11) is -5.19. The zero-order chi connectivity index (χ0) is 18.1. The van der Waals surface area contributed by atoms with E-state index in [1.807, 2.05) is 0 Å². The summed E-state index contributed by atoms with van der Waals surface area (Å²) in [5.41, 5.74) is -3.74. The van der Waals surface area contributed by atoms with Crippen molar-refractivity contribution in [3.05, 3.63) is 0 Å². The average molecular weight is 372 g/mol. The molecule has 0 saturated heterocycles. The van der Waals surface area contributed by atoms with Crippen LogP contribution < -0.4 is 22.5 Å². The zero-order valence-electron chi connectivity index (χ0n) is 15.8. The lowest BCUT2D eigenvalue weighted by molar-refractivity contribution is -0.330. The number of quaternary nitrogens is 2. The first-order chi connectivity index (χ1) is 9.42. The largest absolute Gasteiger partial charge is 0.549 e. The highest BCUT2D eigenvalue weighted by molar-refractivity contribution is 7.87. The van der Waals surface area contributed by atoms with Gasteiger partial charge in [-0.15, -0.1) is 0 Å². The third kappa shape index (κ3) is 7.56. The third-order valence-corrected chi connectivity index (χ3v) is 4.35. The maximum absolute atomic E-state index is 11.8. The summed E-state index contributed by atoms with van der Waals surface area (Å²) in [6.45, 7) is 9.86. The molecular formula is C14H32N2O7S. The molecule has 0 aromatic carbocycles. The zero-order valence-corrected chi connectivity index (χ0v) is 16.6. The fraction of sp³-hybridized carbons (Fsp3) is 0.857. The highest BCUT2D eigenvalue weighted by Gasteiger charge is 2.51. The lowest BCUT2D eigenvalue weighted by Crippen LogP contribution is -2.61. The van der Waals surface area contributed by atoms with Crippen LogP contribution in [0.4, 0.5) is 0 Å². The number of hydrogen-bond donors (Lipinski definition) is 3. The van der Waals surface area contributed by atoms with Gasteiger partial charge in [0.25, 0.3) is 10.1 Å². The minimum atomic E-state index is -5.19. The summed E-state index contributed by atoms with van der Waals surface area (Å²) in [6.07, 6.45) is -0.615. The molecule has 0 aliphatic carbocycles. The molecule has 0 saturated carbocycles. The highest BCUT2D eigenvalue weighted by Crippen LogP contribution is 2.46. The van der Waals surface area contributed by atoms with E-state index in [9.17, 15) is 32.8 Å². The molecule has 9 N–H and O–H groups in total. The lowest BCUT2D eigenvalue weighted by atomic mass is 9.64. The van der Waals surface area contributed by atoms with Gasteiger partial charge in [-0.2, -0.15) is 8.42 Å². The maximum Gasteiger partial charge on any atom is 0.274 e. The maximum atomic E-state index is 11.8. The Balaban J connectivity index is -0.00000220. The van der Waals surface area contributed by atoms with Crippen molar-refractivity contribution in [3.63, 3.8) is 0 Å². The Morgan fingerprint density at radius 1 is 0.917 bits per heavy atom. The van der Waals surface area contributed by atoms with Crippen LogP contribution in [0.1, 0.15) is 54.4 Å². The highest BCUT2D eigenvalue weighted by atomic mass is 32.2. The van der Waals surface area contributed by atoms with Gasteiger partial charge in [0, 0.05) is 11.4 Å². The minimum absolute atomic E-state index is 0. The van der Waals surface area contributed by atoms with Crippen LogP contribution in [0.15, 0.2) is 0 Å². The molecule has 0 spiro atoms. The molecule has 146 valence electrons. The first-order valence-corrected chi connectivity index (χ1v) is 8.31. The van der Waals surface area contributed by atoms with Crippen LogP contribution in [0.25, 0.3) is 0 Å². The second-order valence-corrected chi connectivity index (χ2v) is 9.63. The molecule has 0 aliphatic heterocycles. The van der Waals surface area contributed by atoms with Gasteiger partial charge in [0.1, 0.15) is 5.25 Å².